The summed E-state index contributed by atoms with van der Waals surface area (Å²) in [7, 11) is -3.54. The highest BCUT2D eigenvalue weighted by molar-refractivity contribution is 7.89. The van der Waals surface area contributed by atoms with Gasteiger partial charge in [-0.1, -0.05) is 13.0 Å². The molecule has 2 rings (SSSR count). The molecule has 2 atom stereocenters. The number of hydrogen-bond acceptors (Lipinski definition) is 4. The molecule has 2 N–H and O–H groups in total. The van der Waals surface area contributed by atoms with E-state index >= 15 is 0 Å². The summed E-state index contributed by atoms with van der Waals surface area (Å²) in [4.78, 5) is 0.296. The molecule has 112 valence electrons. The van der Waals surface area contributed by atoms with E-state index in [0.29, 0.717) is 29.3 Å². The van der Waals surface area contributed by atoms with E-state index in [1.807, 2.05) is 13.8 Å². The van der Waals surface area contributed by atoms with E-state index in [2.05, 4.69) is 0 Å². The zero-order valence-electron chi connectivity index (χ0n) is 12.2. The van der Waals surface area contributed by atoms with Crippen LogP contribution in [0.4, 0.5) is 5.69 Å². The van der Waals surface area contributed by atoms with E-state index in [1.54, 1.807) is 29.4 Å². The standard InChI is InChI=1S/C14H22N2O3S/c1-4-12-9-19-10(2)8-16(12)20(17,18)14-7-5-6-13(15)11(14)3/h5-7,10,12H,4,8-9,15H2,1-3H3. The molecule has 1 heterocycles. The number of nitrogens with zero attached hydrogens (tertiary/aromatic N) is 1. The average molecular weight is 298 g/mol. The summed E-state index contributed by atoms with van der Waals surface area (Å²) in [5.74, 6) is 0. The van der Waals surface area contributed by atoms with E-state index in [9.17, 15) is 8.42 Å². The van der Waals surface area contributed by atoms with Gasteiger partial charge < -0.3 is 10.5 Å². The predicted octanol–water partition coefficient (Wildman–Crippen LogP) is 1.77. The molecule has 1 saturated heterocycles. The highest BCUT2D eigenvalue weighted by atomic mass is 32.2. The van der Waals surface area contributed by atoms with Crippen molar-refractivity contribution in [1.82, 2.24) is 4.31 Å². The third-order valence-corrected chi connectivity index (χ3v) is 5.86. The zero-order valence-corrected chi connectivity index (χ0v) is 13.0. The van der Waals surface area contributed by atoms with Gasteiger partial charge in [0.1, 0.15) is 0 Å². The average Bonchev–Trinajstić information content (AvgIpc) is 2.41. The fourth-order valence-corrected chi connectivity index (χ4v) is 4.48. The van der Waals surface area contributed by atoms with Gasteiger partial charge in [-0.3, -0.25) is 0 Å². The van der Waals surface area contributed by atoms with Crippen molar-refractivity contribution in [2.75, 3.05) is 18.9 Å². The Morgan fingerprint density at radius 2 is 2.15 bits per heavy atom. The second-order valence-corrected chi connectivity index (χ2v) is 7.11. The van der Waals surface area contributed by atoms with Gasteiger partial charge in [0, 0.05) is 18.3 Å². The lowest BCUT2D eigenvalue weighted by atomic mass is 10.2. The van der Waals surface area contributed by atoms with Gasteiger partial charge in [0.2, 0.25) is 10.0 Å². The van der Waals surface area contributed by atoms with Crippen LogP contribution in [0.15, 0.2) is 23.1 Å². The maximum Gasteiger partial charge on any atom is 0.243 e. The van der Waals surface area contributed by atoms with Crippen molar-refractivity contribution in [1.29, 1.82) is 0 Å². The molecular weight excluding hydrogens is 276 g/mol. The van der Waals surface area contributed by atoms with Gasteiger partial charge in [-0.25, -0.2) is 8.42 Å². The first kappa shape index (κ1) is 15.3. The minimum absolute atomic E-state index is 0.0889. The van der Waals surface area contributed by atoms with Crippen LogP contribution >= 0.6 is 0 Å². The van der Waals surface area contributed by atoms with Gasteiger partial charge in [0.05, 0.1) is 17.6 Å². The summed E-state index contributed by atoms with van der Waals surface area (Å²) in [5.41, 5.74) is 6.95. The van der Waals surface area contributed by atoms with Crippen LogP contribution < -0.4 is 5.73 Å². The van der Waals surface area contributed by atoms with Gasteiger partial charge in [0.25, 0.3) is 0 Å². The lowest BCUT2D eigenvalue weighted by molar-refractivity contribution is -0.0230. The predicted molar refractivity (Wildman–Crippen MR) is 79.0 cm³/mol. The smallest absolute Gasteiger partial charge is 0.243 e. The van der Waals surface area contributed by atoms with Crippen LogP contribution in [0, 0.1) is 6.92 Å². The summed E-state index contributed by atoms with van der Waals surface area (Å²) in [5, 5.41) is 0. The fraction of sp³-hybridized carbons (Fsp3) is 0.571. The summed E-state index contributed by atoms with van der Waals surface area (Å²) in [6.07, 6.45) is 0.641. The number of benzene rings is 1. The first-order valence-corrected chi connectivity index (χ1v) is 8.30. The molecule has 0 saturated carbocycles. The van der Waals surface area contributed by atoms with Gasteiger partial charge >= 0.3 is 0 Å². The van der Waals surface area contributed by atoms with Crippen molar-refractivity contribution in [3.8, 4) is 0 Å². The lowest BCUT2D eigenvalue weighted by Gasteiger charge is -2.37. The summed E-state index contributed by atoms with van der Waals surface area (Å²) in [6, 6.07) is 4.90. The number of nitrogens with two attached hydrogens (primary N) is 1. The number of hydrogen-bond donors (Lipinski definition) is 1. The normalized spacial score (nSPS) is 24.8. The minimum atomic E-state index is -3.54. The third kappa shape index (κ3) is 2.68. The van der Waals surface area contributed by atoms with Crippen LogP contribution in [-0.4, -0.2) is 38.0 Å². The molecular formula is C14H22N2O3S. The van der Waals surface area contributed by atoms with Crippen LogP contribution in [0.5, 0.6) is 0 Å². The van der Waals surface area contributed by atoms with Crippen molar-refractivity contribution in [3.63, 3.8) is 0 Å². The monoisotopic (exact) mass is 298 g/mol. The van der Waals surface area contributed by atoms with Crippen LogP contribution in [0.25, 0.3) is 0 Å². The van der Waals surface area contributed by atoms with Crippen molar-refractivity contribution >= 4 is 15.7 Å². The summed E-state index contributed by atoms with van der Waals surface area (Å²) in [6.45, 7) is 6.43. The van der Waals surface area contributed by atoms with E-state index < -0.39 is 10.0 Å². The maximum absolute atomic E-state index is 12.9. The van der Waals surface area contributed by atoms with Gasteiger partial charge in [-0.2, -0.15) is 4.31 Å². The van der Waals surface area contributed by atoms with Crippen LogP contribution in [0.2, 0.25) is 0 Å². The molecule has 0 spiro atoms. The molecule has 6 heteroatoms. The molecule has 2 unspecified atom stereocenters. The second-order valence-electron chi connectivity index (χ2n) is 5.25. The molecule has 0 aliphatic carbocycles. The Bertz CT molecular complexity index is 586. The Morgan fingerprint density at radius 1 is 1.45 bits per heavy atom. The highest BCUT2D eigenvalue weighted by Crippen LogP contribution is 2.28. The molecule has 0 amide bonds. The molecule has 0 bridgehead atoms. The first-order chi connectivity index (χ1) is 9.37. The Labute approximate surface area is 120 Å². The Balaban J connectivity index is 2.45. The maximum atomic E-state index is 12.9. The van der Waals surface area contributed by atoms with Crippen LogP contribution in [-0.2, 0) is 14.8 Å². The van der Waals surface area contributed by atoms with Crippen molar-refractivity contribution in [2.24, 2.45) is 0 Å². The Hall–Kier alpha value is -1.11. The quantitative estimate of drug-likeness (QED) is 0.863. The van der Waals surface area contributed by atoms with Crippen molar-refractivity contribution < 1.29 is 13.2 Å². The number of ether oxygens (including phenoxy) is 1. The molecule has 1 aromatic carbocycles. The van der Waals surface area contributed by atoms with E-state index in [4.69, 9.17) is 10.5 Å². The van der Waals surface area contributed by atoms with Crippen molar-refractivity contribution in [2.45, 2.75) is 44.2 Å². The van der Waals surface area contributed by atoms with Crippen molar-refractivity contribution in [3.05, 3.63) is 23.8 Å². The molecule has 1 aliphatic rings. The summed E-state index contributed by atoms with van der Waals surface area (Å²) < 4.78 is 32.9. The topological polar surface area (TPSA) is 72.6 Å². The number of anilines is 1. The number of rotatable bonds is 3. The van der Waals surface area contributed by atoms with Crippen LogP contribution in [0.3, 0.4) is 0 Å². The largest absolute Gasteiger partial charge is 0.398 e. The van der Waals surface area contributed by atoms with Gasteiger partial charge in [0.15, 0.2) is 0 Å². The van der Waals surface area contributed by atoms with E-state index in [0.717, 1.165) is 6.42 Å². The minimum Gasteiger partial charge on any atom is -0.398 e. The fourth-order valence-electron chi connectivity index (χ4n) is 2.47. The first-order valence-electron chi connectivity index (χ1n) is 6.86. The molecule has 1 aromatic rings. The summed E-state index contributed by atoms with van der Waals surface area (Å²) >= 11 is 0. The van der Waals surface area contributed by atoms with Gasteiger partial charge in [-0.05, 0) is 38.0 Å². The molecule has 1 fully saturated rings. The zero-order chi connectivity index (χ0) is 14.9. The molecule has 0 aromatic heterocycles. The number of nitrogen functional groups attached to an aromatic ring is 1. The third-order valence-electron chi connectivity index (χ3n) is 3.80. The second kappa shape index (κ2) is 5.71. The van der Waals surface area contributed by atoms with E-state index in [-0.39, 0.29) is 12.1 Å². The number of sulfonamides is 1. The SMILES string of the molecule is CCC1COC(C)CN1S(=O)(=O)c1cccc(N)c1C. The Morgan fingerprint density at radius 3 is 2.80 bits per heavy atom. The highest BCUT2D eigenvalue weighted by Gasteiger charge is 2.36. The Kier molecular flexibility index (Phi) is 4.36. The van der Waals surface area contributed by atoms with E-state index in [1.165, 1.54) is 0 Å². The number of morpholine rings is 1. The molecule has 1 aliphatic heterocycles. The lowest BCUT2D eigenvalue weighted by Crippen LogP contribution is -2.51. The molecule has 5 nitrogen and oxygen atoms in total. The molecule has 0 radical (unpaired) electrons. The van der Waals surface area contributed by atoms with Crippen LogP contribution in [0.1, 0.15) is 25.8 Å². The van der Waals surface area contributed by atoms with Gasteiger partial charge in [-0.15, -0.1) is 0 Å². The molecule has 20 heavy (non-hydrogen) atoms.